The minimum Gasteiger partial charge on any atom is -0.478 e. The zero-order chi connectivity index (χ0) is 14.2. The van der Waals surface area contributed by atoms with Gasteiger partial charge in [-0.1, -0.05) is 49.1 Å². The molecule has 1 unspecified atom stereocenters. The van der Waals surface area contributed by atoms with Gasteiger partial charge in [0.15, 0.2) is 6.10 Å². The maximum absolute atomic E-state index is 9.11. The highest BCUT2D eigenvalue weighted by Crippen LogP contribution is 2.12. The molecule has 0 fully saturated rings. The van der Waals surface area contributed by atoms with Gasteiger partial charge in [-0.05, 0) is 36.2 Å². The molecule has 0 saturated heterocycles. The van der Waals surface area contributed by atoms with Gasteiger partial charge in [0, 0.05) is 5.56 Å². The number of benzene rings is 2. The lowest BCUT2D eigenvalue weighted by molar-refractivity contribution is 0.254. The van der Waals surface area contributed by atoms with Crippen molar-refractivity contribution in [3.8, 4) is 17.6 Å². The van der Waals surface area contributed by atoms with Crippen molar-refractivity contribution in [2.45, 2.75) is 26.1 Å². The van der Waals surface area contributed by atoms with Crippen LogP contribution in [0.4, 0.5) is 0 Å². The van der Waals surface area contributed by atoms with Crippen molar-refractivity contribution in [3.05, 3.63) is 65.7 Å². The van der Waals surface area contributed by atoms with Crippen molar-refractivity contribution < 1.29 is 9.84 Å². The maximum Gasteiger partial charge on any atom is 0.159 e. The van der Waals surface area contributed by atoms with E-state index in [9.17, 15) is 0 Å². The van der Waals surface area contributed by atoms with Gasteiger partial charge in [0.1, 0.15) is 5.75 Å². The molecule has 0 bridgehead atoms. The first-order valence-corrected chi connectivity index (χ1v) is 6.75. The van der Waals surface area contributed by atoms with E-state index in [-0.39, 0.29) is 12.7 Å². The van der Waals surface area contributed by atoms with Crippen LogP contribution in [0.25, 0.3) is 0 Å². The van der Waals surface area contributed by atoms with Gasteiger partial charge in [-0.3, -0.25) is 0 Å². The van der Waals surface area contributed by atoms with Gasteiger partial charge in [-0.25, -0.2) is 0 Å². The summed E-state index contributed by atoms with van der Waals surface area (Å²) in [6.07, 6.45) is 0.692. The molecule has 20 heavy (non-hydrogen) atoms. The van der Waals surface area contributed by atoms with Gasteiger partial charge < -0.3 is 9.84 Å². The Kier molecular flexibility index (Phi) is 5.23. The van der Waals surface area contributed by atoms with Crippen LogP contribution >= 0.6 is 0 Å². The Morgan fingerprint density at radius 3 is 2.60 bits per heavy atom. The van der Waals surface area contributed by atoms with Crippen molar-refractivity contribution in [3.63, 3.8) is 0 Å². The Hall–Kier alpha value is -2.24. The Morgan fingerprint density at radius 1 is 1.10 bits per heavy atom. The van der Waals surface area contributed by atoms with Gasteiger partial charge in [-0.2, -0.15) is 0 Å². The highest BCUT2D eigenvalue weighted by molar-refractivity contribution is 5.38. The summed E-state index contributed by atoms with van der Waals surface area (Å²) in [4.78, 5) is 0. The molecule has 1 N–H and O–H groups in total. The van der Waals surface area contributed by atoms with Crippen molar-refractivity contribution in [2.24, 2.45) is 0 Å². The Bertz CT molecular complexity index is 594. The smallest absolute Gasteiger partial charge is 0.159 e. The number of hydrogen-bond acceptors (Lipinski definition) is 2. The van der Waals surface area contributed by atoms with E-state index in [0.717, 1.165) is 23.3 Å². The molecule has 0 aliphatic heterocycles. The lowest BCUT2D eigenvalue weighted by Gasteiger charge is -2.11. The molecule has 102 valence electrons. The van der Waals surface area contributed by atoms with Gasteiger partial charge in [0.2, 0.25) is 0 Å². The maximum atomic E-state index is 9.11. The van der Waals surface area contributed by atoms with E-state index < -0.39 is 0 Å². The van der Waals surface area contributed by atoms with Crippen LogP contribution in [0.15, 0.2) is 54.6 Å². The predicted molar refractivity (Wildman–Crippen MR) is 80.4 cm³/mol. The van der Waals surface area contributed by atoms with Crippen LogP contribution in [0.1, 0.15) is 24.5 Å². The lowest BCUT2D eigenvalue weighted by atomic mass is 10.1. The van der Waals surface area contributed by atoms with Crippen molar-refractivity contribution in [2.75, 3.05) is 0 Å². The van der Waals surface area contributed by atoms with Gasteiger partial charge in [0.25, 0.3) is 0 Å². The third kappa shape index (κ3) is 4.15. The van der Waals surface area contributed by atoms with E-state index in [1.165, 1.54) is 0 Å². The van der Waals surface area contributed by atoms with Crippen LogP contribution in [-0.4, -0.2) is 11.2 Å². The van der Waals surface area contributed by atoms with E-state index in [2.05, 4.69) is 11.8 Å². The monoisotopic (exact) mass is 266 g/mol. The number of ether oxygens (including phenoxy) is 1. The molecule has 2 aromatic carbocycles. The summed E-state index contributed by atoms with van der Waals surface area (Å²) in [5.74, 6) is 7.07. The third-order valence-electron chi connectivity index (χ3n) is 2.88. The predicted octanol–water partition coefficient (Wildman–Crippen LogP) is 3.39. The molecule has 0 saturated carbocycles. The molecule has 0 spiro atoms. The molecule has 1 atom stereocenters. The van der Waals surface area contributed by atoms with Gasteiger partial charge in [-0.15, -0.1) is 0 Å². The minimum absolute atomic E-state index is 0.0350. The summed E-state index contributed by atoms with van der Waals surface area (Å²) in [7, 11) is 0. The first-order valence-electron chi connectivity index (χ1n) is 6.75. The topological polar surface area (TPSA) is 29.5 Å². The van der Waals surface area contributed by atoms with Crippen molar-refractivity contribution >= 4 is 0 Å². The van der Waals surface area contributed by atoms with Crippen molar-refractivity contribution in [1.29, 1.82) is 0 Å². The van der Waals surface area contributed by atoms with E-state index in [0.29, 0.717) is 0 Å². The molecule has 0 aliphatic rings. The van der Waals surface area contributed by atoms with Crippen LogP contribution in [0.2, 0.25) is 0 Å². The van der Waals surface area contributed by atoms with Crippen LogP contribution < -0.4 is 4.74 Å². The van der Waals surface area contributed by atoms with E-state index >= 15 is 0 Å². The molecule has 2 heteroatoms. The minimum atomic E-state index is -0.129. The first kappa shape index (κ1) is 14.2. The normalized spacial score (nSPS) is 11.3. The molecule has 2 nitrogen and oxygen atoms in total. The Balaban J connectivity index is 2.08. The number of para-hydroxylation sites is 1. The average molecular weight is 266 g/mol. The highest BCUT2D eigenvalue weighted by atomic mass is 16.5. The SMILES string of the molecule is CCC(C#Cc1cccc(CO)c1)Oc1ccccc1. The number of aliphatic hydroxyl groups is 1. The molecule has 2 aromatic rings. The second kappa shape index (κ2) is 7.37. The van der Waals surface area contributed by atoms with Crippen LogP contribution in [0.3, 0.4) is 0 Å². The number of aliphatic hydroxyl groups excluding tert-OH is 1. The Morgan fingerprint density at radius 2 is 1.90 bits per heavy atom. The molecular weight excluding hydrogens is 248 g/mol. The zero-order valence-electron chi connectivity index (χ0n) is 11.5. The molecule has 0 aromatic heterocycles. The van der Waals surface area contributed by atoms with Gasteiger partial charge >= 0.3 is 0 Å². The van der Waals surface area contributed by atoms with E-state index in [1.54, 1.807) is 0 Å². The second-order valence-electron chi connectivity index (χ2n) is 4.46. The standard InChI is InChI=1S/C18H18O2/c1-2-17(20-18-9-4-3-5-10-18)12-11-15-7-6-8-16(13-15)14-19/h3-10,13,17,19H,2,14H2,1H3. The fraction of sp³-hybridized carbons (Fsp3) is 0.222. The molecule has 0 radical (unpaired) electrons. The number of rotatable bonds is 4. The largest absolute Gasteiger partial charge is 0.478 e. The summed E-state index contributed by atoms with van der Waals surface area (Å²) < 4.78 is 5.82. The van der Waals surface area contributed by atoms with Crippen molar-refractivity contribution in [1.82, 2.24) is 0 Å². The molecule has 0 aliphatic carbocycles. The first-order chi connectivity index (χ1) is 9.81. The fourth-order valence-electron chi connectivity index (χ4n) is 1.79. The molecular formula is C18H18O2. The average Bonchev–Trinajstić information content (AvgIpc) is 2.52. The van der Waals surface area contributed by atoms with Gasteiger partial charge in [0.05, 0.1) is 6.61 Å². The summed E-state index contributed by atoms with van der Waals surface area (Å²) in [5, 5.41) is 9.11. The van der Waals surface area contributed by atoms with Crippen LogP contribution in [-0.2, 0) is 6.61 Å². The fourth-order valence-corrected chi connectivity index (χ4v) is 1.79. The number of hydrogen-bond donors (Lipinski definition) is 1. The lowest BCUT2D eigenvalue weighted by Crippen LogP contribution is -2.12. The van der Waals surface area contributed by atoms with E-state index in [4.69, 9.17) is 9.84 Å². The molecule has 0 heterocycles. The quantitative estimate of drug-likeness (QED) is 0.860. The van der Waals surface area contributed by atoms with Crippen LogP contribution in [0.5, 0.6) is 5.75 Å². The third-order valence-corrected chi connectivity index (χ3v) is 2.88. The Labute approximate surface area is 120 Å². The summed E-state index contributed by atoms with van der Waals surface area (Å²) in [6, 6.07) is 17.3. The second-order valence-corrected chi connectivity index (χ2v) is 4.46. The highest BCUT2D eigenvalue weighted by Gasteiger charge is 2.03. The summed E-state index contributed by atoms with van der Waals surface area (Å²) in [6.45, 7) is 2.08. The zero-order valence-corrected chi connectivity index (χ0v) is 11.5. The van der Waals surface area contributed by atoms with E-state index in [1.807, 2.05) is 61.5 Å². The van der Waals surface area contributed by atoms with Crippen LogP contribution in [0, 0.1) is 11.8 Å². The summed E-state index contributed by atoms with van der Waals surface area (Å²) >= 11 is 0. The molecule has 0 amide bonds. The summed E-state index contributed by atoms with van der Waals surface area (Å²) in [5.41, 5.74) is 1.76. The molecule has 2 rings (SSSR count).